The van der Waals surface area contributed by atoms with Crippen LogP contribution in [-0.2, 0) is 0 Å². The van der Waals surface area contributed by atoms with Crippen molar-refractivity contribution < 1.29 is 30.3 Å². The molecule has 0 saturated heterocycles. The molecule has 0 radical (unpaired) electrons. The van der Waals surface area contributed by atoms with Crippen LogP contribution in [-0.4, -0.2) is 43.4 Å². The number of rotatable bonds is 6. The highest BCUT2D eigenvalue weighted by atomic mass is 16.7. The third-order valence-corrected chi connectivity index (χ3v) is 1.61. The number of aliphatic hydroxyl groups is 5. The highest BCUT2D eigenvalue weighted by Crippen LogP contribution is 2.12. The largest absolute Gasteiger partial charge is 0.352 e. The first kappa shape index (κ1) is 14.1. The number of amides is 2. The van der Waals surface area contributed by atoms with Crippen molar-refractivity contribution in [2.75, 3.05) is 0 Å². The van der Waals surface area contributed by atoms with E-state index in [0.29, 0.717) is 0 Å². The van der Waals surface area contributed by atoms with Gasteiger partial charge in [0, 0.05) is 12.8 Å². The van der Waals surface area contributed by atoms with Crippen LogP contribution in [0.5, 0.6) is 0 Å². The number of hydrogen-bond acceptors (Lipinski definition) is 6. The Balaban J connectivity index is 3.71. The van der Waals surface area contributed by atoms with Crippen molar-refractivity contribution in [1.82, 2.24) is 5.32 Å². The molecular weight excluding hydrogens is 208 g/mol. The zero-order chi connectivity index (χ0) is 12.1. The Morgan fingerprint density at radius 1 is 1.07 bits per heavy atom. The summed E-state index contributed by atoms with van der Waals surface area (Å²) in [6.45, 7) is 0. The molecule has 2 amide bonds. The monoisotopic (exact) mass is 224 g/mol. The topological polar surface area (TPSA) is 156 Å². The Bertz CT molecular complexity index is 212. The third kappa shape index (κ3) is 9.38. The highest BCUT2D eigenvalue weighted by molar-refractivity contribution is 5.72. The van der Waals surface area contributed by atoms with Crippen molar-refractivity contribution in [3.63, 3.8) is 0 Å². The van der Waals surface area contributed by atoms with Gasteiger partial charge in [0.25, 0.3) is 5.97 Å². The second kappa shape index (κ2) is 5.24. The molecule has 0 aliphatic rings. The molecule has 0 rings (SSSR count). The van der Waals surface area contributed by atoms with Gasteiger partial charge in [-0.05, 0) is 12.8 Å². The number of nitrogens with one attached hydrogen (secondary N) is 1. The normalized spacial score (nSPS) is 12.6. The molecule has 8 heteroatoms. The van der Waals surface area contributed by atoms with Crippen LogP contribution in [0.4, 0.5) is 4.79 Å². The first-order chi connectivity index (χ1) is 6.62. The van der Waals surface area contributed by atoms with Crippen LogP contribution in [0, 0.1) is 0 Å². The van der Waals surface area contributed by atoms with Gasteiger partial charge in [0.05, 0.1) is 0 Å². The molecule has 0 spiro atoms. The van der Waals surface area contributed by atoms with Crippen molar-refractivity contribution in [3.8, 4) is 0 Å². The van der Waals surface area contributed by atoms with Gasteiger partial charge in [-0.15, -0.1) is 0 Å². The summed E-state index contributed by atoms with van der Waals surface area (Å²) in [5, 5.41) is 45.3. The van der Waals surface area contributed by atoms with Crippen molar-refractivity contribution >= 4 is 6.03 Å². The van der Waals surface area contributed by atoms with E-state index in [9.17, 15) is 4.79 Å². The van der Waals surface area contributed by atoms with E-state index < -0.39 is 17.9 Å². The minimum atomic E-state index is -2.76. The van der Waals surface area contributed by atoms with Gasteiger partial charge in [-0.2, -0.15) is 0 Å². The molecule has 0 bridgehead atoms. The Morgan fingerprint density at radius 3 is 1.93 bits per heavy atom. The average Bonchev–Trinajstić information content (AvgIpc) is 1.93. The fourth-order valence-electron chi connectivity index (χ4n) is 0.993. The second-order valence-corrected chi connectivity index (χ2v) is 3.29. The van der Waals surface area contributed by atoms with Crippen LogP contribution in [0.15, 0.2) is 0 Å². The predicted octanol–water partition coefficient (Wildman–Crippen LogP) is -2.52. The number of nitrogens with two attached hydrogens (primary N) is 1. The Morgan fingerprint density at radius 2 is 1.53 bits per heavy atom. The van der Waals surface area contributed by atoms with Crippen molar-refractivity contribution in [3.05, 3.63) is 0 Å². The van der Waals surface area contributed by atoms with E-state index in [0.717, 1.165) is 0 Å². The van der Waals surface area contributed by atoms with Crippen molar-refractivity contribution in [2.45, 2.75) is 37.6 Å². The summed E-state index contributed by atoms with van der Waals surface area (Å²) in [6, 6.07) is -1.08. The Kier molecular flexibility index (Phi) is 4.91. The van der Waals surface area contributed by atoms with Crippen LogP contribution in [0.25, 0.3) is 0 Å². The zero-order valence-electron chi connectivity index (χ0n) is 8.05. The van der Waals surface area contributed by atoms with E-state index in [2.05, 4.69) is 5.73 Å². The first-order valence-corrected chi connectivity index (χ1v) is 4.32. The van der Waals surface area contributed by atoms with Gasteiger partial charge in [-0.1, -0.05) is 0 Å². The second-order valence-electron chi connectivity index (χ2n) is 3.29. The minimum absolute atomic E-state index is 0.132. The lowest BCUT2D eigenvalue weighted by atomic mass is 10.1. The Labute approximate surface area is 86.0 Å². The average molecular weight is 224 g/mol. The van der Waals surface area contributed by atoms with Gasteiger partial charge in [-0.25, -0.2) is 4.79 Å². The number of carbonyl (C=O) groups is 1. The van der Waals surface area contributed by atoms with Gasteiger partial charge in [-0.3, -0.25) is 5.32 Å². The van der Waals surface area contributed by atoms with E-state index in [1.165, 1.54) is 0 Å². The van der Waals surface area contributed by atoms with E-state index in [4.69, 9.17) is 25.5 Å². The molecule has 0 aliphatic carbocycles. The molecule has 8 N–H and O–H groups in total. The summed E-state index contributed by atoms with van der Waals surface area (Å²) in [6.07, 6.45) is -0.296. The molecule has 0 aromatic heterocycles. The molecule has 0 aromatic carbocycles. The van der Waals surface area contributed by atoms with E-state index >= 15 is 0 Å². The molecule has 0 atom stereocenters. The molecule has 90 valence electrons. The molecular formula is C7H16N2O6. The third-order valence-electron chi connectivity index (χ3n) is 1.61. The van der Waals surface area contributed by atoms with Crippen molar-refractivity contribution in [2.24, 2.45) is 5.73 Å². The van der Waals surface area contributed by atoms with Crippen molar-refractivity contribution in [1.29, 1.82) is 0 Å². The van der Waals surface area contributed by atoms with E-state index in [1.807, 2.05) is 0 Å². The quantitative estimate of drug-likeness (QED) is 0.195. The molecule has 0 aliphatic heterocycles. The molecule has 8 nitrogen and oxygen atoms in total. The van der Waals surface area contributed by atoms with Crippen LogP contribution in [0.3, 0.4) is 0 Å². The van der Waals surface area contributed by atoms with E-state index in [1.54, 1.807) is 5.32 Å². The standard InChI is InChI=1S/C7H16N2O6/c8-5(10)9-6(11,12)3-1-2-4-7(13,14)15/h11-15H,1-4H2,(H3,8,9,10). The van der Waals surface area contributed by atoms with Crippen LogP contribution < -0.4 is 11.1 Å². The maximum absolute atomic E-state index is 10.3. The fourth-order valence-corrected chi connectivity index (χ4v) is 0.993. The lowest BCUT2D eigenvalue weighted by molar-refractivity contribution is -0.315. The fraction of sp³-hybridized carbons (Fsp3) is 0.857. The molecule has 0 saturated carbocycles. The number of hydrogen-bond donors (Lipinski definition) is 7. The van der Waals surface area contributed by atoms with Gasteiger partial charge in [0.1, 0.15) is 0 Å². The van der Waals surface area contributed by atoms with Crippen LogP contribution in [0.2, 0.25) is 0 Å². The molecule has 0 unspecified atom stereocenters. The number of carbonyl (C=O) groups excluding carboxylic acids is 1. The maximum atomic E-state index is 10.3. The highest BCUT2D eigenvalue weighted by Gasteiger charge is 2.24. The summed E-state index contributed by atoms with van der Waals surface area (Å²) in [5.74, 6) is -5.18. The zero-order valence-corrected chi connectivity index (χ0v) is 8.05. The first-order valence-electron chi connectivity index (χ1n) is 4.32. The number of primary amides is 1. The summed E-state index contributed by atoms with van der Waals surface area (Å²) >= 11 is 0. The lowest BCUT2D eigenvalue weighted by Crippen LogP contribution is -2.50. The van der Waals surface area contributed by atoms with Gasteiger partial charge < -0.3 is 31.3 Å². The Hall–Kier alpha value is -0.930. The van der Waals surface area contributed by atoms with Gasteiger partial charge >= 0.3 is 6.03 Å². The smallest absolute Gasteiger partial charge is 0.316 e. The van der Waals surface area contributed by atoms with Crippen LogP contribution in [0.1, 0.15) is 25.7 Å². The SMILES string of the molecule is NC(=O)NC(O)(O)CCCCC(O)(O)O. The summed E-state index contributed by atoms with van der Waals surface area (Å²) in [7, 11) is 0. The maximum Gasteiger partial charge on any atom is 0.316 e. The van der Waals surface area contributed by atoms with Gasteiger partial charge in [0.15, 0.2) is 0 Å². The lowest BCUT2D eigenvalue weighted by Gasteiger charge is -2.22. The van der Waals surface area contributed by atoms with Gasteiger partial charge in [0.2, 0.25) is 5.91 Å². The number of unbranched alkanes of at least 4 members (excludes halogenated alkanes) is 1. The molecule has 0 heterocycles. The minimum Gasteiger partial charge on any atom is -0.352 e. The number of urea groups is 1. The molecule has 0 aromatic rings. The molecule has 0 fully saturated rings. The summed E-state index contributed by atoms with van der Waals surface area (Å²) in [5.41, 5.74) is 4.66. The summed E-state index contributed by atoms with van der Waals surface area (Å²) in [4.78, 5) is 10.3. The molecule has 15 heavy (non-hydrogen) atoms. The predicted molar refractivity (Wildman–Crippen MR) is 47.7 cm³/mol. The van der Waals surface area contributed by atoms with E-state index in [-0.39, 0.29) is 25.7 Å². The van der Waals surface area contributed by atoms with Crippen LogP contribution >= 0.6 is 0 Å². The summed E-state index contributed by atoms with van der Waals surface area (Å²) < 4.78 is 0.